The first kappa shape index (κ1) is 13.9. The van der Waals surface area contributed by atoms with Crippen molar-refractivity contribution in [3.8, 4) is 5.75 Å². The number of rotatable bonds is 4. The Morgan fingerprint density at radius 3 is 2.53 bits per heavy atom. The van der Waals surface area contributed by atoms with Gasteiger partial charge in [-0.2, -0.15) is 0 Å². The van der Waals surface area contributed by atoms with E-state index in [4.69, 9.17) is 22.1 Å². The molecule has 0 saturated heterocycles. The van der Waals surface area contributed by atoms with Crippen molar-refractivity contribution in [2.45, 2.75) is 19.9 Å². The van der Waals surface area contributed by atoms with Crippen LogP contribution < -0.4 is 10.5 Å². The zero-order valence-electron chi connectivity index (χ0n) is 11.2. The average molecular weight is 276 g/mol. The molecule has 0 radical (unpaired) electrons. The Labute approximate surface area is 119 Å². The maximum absolute atomic E-state index is 6.16. The van der Waals surface area contributed by atoms with Crippen molar-refractivity contribution in [3.05, 3.63) is 64.2 Å². The van der Waals surface area contributed by atoms with E-state index >= 15 is 0 Å². The van der Waals surface area contributed by atoms with Crippen molar-refractivity contribution in [2.24, 2.45) is 5.73 Å². The molecule has 0 aliphatic rings. The van der Waals surface area contributed by atoms with Gasteiger partial charge < -0.3 is 10.5 Å². The molecular weight excluding hydrogens is 258 g/mol. The van der Waals surface area contributed by atoms with Crippen molar-refractivity contribution in [1.82, 2.24) is 0 Å². The second kappa shape index (κ2) is 6.09. The molecule has 2 aromatic carbocycles. The molecule has 0 spiro atoms. The molecule has 0 saturated carbocycles. The summed E-state index contributed by atoms with van der Waals surface area (Å²) < 4.78 is 5.73. The Hall–Kier alpha value is -1.51. The first-order valence-corrected chi connectivity index (χ1v) is 6.66. The van der Waals surface area contributed by atoms with Gasteiger partial charge in [0.2, 0.25) is 0 Å². The van der Waals surface area contributed by atoms with Gasteiger partial charge >= 0.3 is 0 Å². The lowest BCUT2D eigenvalue weighted by Gasteiger charge is -2.16. The normalized spacial score (nSPS) is 12.2. The fourth-order valence-corrected chi connectivity index (χ4v) is 2.10. The molecule has 1 unspecified atom stereocenters. The third-order valence-electron chi connectivity index (χ3n) is 3.15. The Kier molecular flexibility index (Phi) is 4.46. The van der Waals surface area contributed by atoms with E-state index in [2.05, 4.69) is 13.0 Å². The zero-order valence-corrected chi connectivity index (χ0v) is 11.9. The standard InChI is InChI=1S/C16H18ClNO/c1-11-5-3-4-6-14(11)16(18)10-19-13-7-8-15(17)12(2)9-13/h3-9,16H,10,18H2,1-2H3. The Balaban J connectivity index is 2.02. The Bertz CT molecular complexity index is 568. The van der Waals surface area contributed by atoms with E-state index in [1.807, 2.05) is 43.3 Å². The summed E-state index contributed by atoms with van der Waals surface area (Å²) in [5, 5.41) is 0.746. The lowest BCUT2D eigenvalue weighted by Crippen LogP contribution is -2.19. The summed E-state index contributed by atoms with van der Waals surface area (Å²) in [6, 6.07) is 13.6. The zero-order chi connectivity index (χ0) is 13.8. The minimum Gasteiger partial charge on any atom is -0.492 e. The van der Waals surface area contributed by atoms with Crippen LogP contribution in [0.25, 0.3) is 0 Å². The lowest BCUT2D eigenvalue weighted by atomic mass is 10.0. The number of ether oxygens (including phenoxy) is 1. The number of hydrogen-bond donors (Lipinski definition) is 1. The van der Waals surface area contributed by atoms with E-state index in [0.29, 0.717) is 6.61 Å². The largest absolute Gasteiger partial charge is 0.492 e. The van der Waals surface area contributed by atoms with Gasteiger partial charge in [-0.1, -0.05) is 35.9 Å². The van der Waals surface area contributed by atoms with E-state index in [0.717, 1.165) is 21.9 Å². The van der Waals surface area contributed by atoms with Crippen LogP contribution in [0.15, 0.2) is 42.5 Å². The highest BCUT2D eigenvalue weighted by Gasteiger charge is 2.09. The maximum Gasteiger partial charge on any atom is 0.119 e. The Morgan fingerprint density at radius 2 is 1.84 bits per heavy atom. The molecular formula is C16H18ClNO. The molecule has 0 bridgehead atoms. The number of benzene rings is 2. The van der Waals surface area contributed by atoms with Crippen molar-refractivity contribution in [3.63, 3.8) is 0 Å². The summed E-state index contributed by atoms with van der Waals surface area (Å²) in [7, 11) is 0. The van der Waals surface area contributed by atoms with Gasteiger partial charge in [-0.3, -0.25) is 0 Å². The average Bonchev–Trinajstić information content (AvgIpc) is 2.40. The van der Waals surface area contributed by atoms with Crippen LogP contribution in [-0.4, -0.2) is 6.61 Å². The fraction of sp³-hybridized carbons (Fsp3) is 0.250. The van der Waals surface area contributed by atoms with Gasteiger partial charge in [0.05, 0.1) is 6.04 Å². The smallest absolute Gasteiger partial charge is 0.119 e. The van der Waals surface area contributed by atoms with Crippen LogP contribution >= 0.6 is 11.6 Å². The summed E-state index contributed by atoms with van der Waals surface area (Å²) in [6.07, 6.45) is 0. The monoisotopic (exact) mass is 275 g/mol. The van der Waals surface area contributed by atoms with Crippen LogP contribution in [-0.2, 0) is 0 Å². The minimum absolute atomic E-state index is 0.128. The van der Waals surface area contributed by atoms with Gasteiger partial charge in [0.15, 0.2) is 0 Å². The summed E-state index contributed by atoms with van der Waals surface area (Å²) in [5.41, 5.74) is 9.47. The second-order valence-electron chi connectivity index (χ2n) is 4.69. The summed E-state index contributed by atoms with van der Waals surface area (Å²) >= 11 is 5.98. The molecule has 0 amide bonds. The minimum atomic E-state index is -0.128. The van der Waals surface area contributed by atoms with Crippen LogP contribution in [0, 0.1) is 13.8 Å². The van der Waals surface area contributed by atoms with Crippen LogP contribution in [0.5, 0.6) is 5.75 Å². The predicted octanol–water partition coefficient (Wildman–Crippen LogP) is 4.04. The summed E-state index contributed by atoms with van der Waals surface area (Å²) in [4.78, 5) is 0. The van der Waals surface area contributed by atoms with Crippen molar-refractivity contribution in [1.29, 1.82) is 0 Å². The van der Waals surface area contributed by atoms with E-state index in [9.17, 15) is 0 Å². The topological polar surface area (TPSA) is 35.2 Å². The lowest BCUT2D eigenvalue weighted by molar-refractivity contribution is 0.290. The second-order valence-corrected chi connectivity index (χ2v) is 5.09. The van der Waals surface area contributed by atoms with E-state index in [1.165, 1.54) is 5.56 Å². The quantitative estimate of drug-likeness (QED) is 0.914. The number of nitrogens with two attached hydrogens (primary N) is 1. The number of halogens is 1. The molecule has 2 nitrogen and oxygen atoms in total. The molecule has 2 aromatic rings. The van der Waals surface area contributed by atoms with Gasteiger partial charge in [0, 0.05) is 5.02 Å². The Morgan fingerprint density at radius 1 is 1.11 bits per heavy atom. The molecule has 2 N–H and O–H groups in total. The van der Waals surface area contributed by atoms with Gasteiger partial charge in [0.1, 0.15) is 12.4 Å². The van der Waals surface area contributed by atoms with Gasteiger partial charge in [0.25, 0.3) is 0 Å². The van der Waals surface area contributed by atoms with Crippen LogP contribution in [0.2, 0.25) is 5.02 Å². The highest BCUT2D eigenvalue weighted by atomic mass is 35.5. The summed E-state index contributed by atoms with van der Waals surface area (Å²) in [5.74, 6) is 0.797. The van der Waals surface area contributed by atoms with Crippen molar-refractivity contribution >= 4 is 11.6 Å². The van der Waals surface area contributed by atoms with E-state index < -0.39 is 0 Å². The molecule has 1 atom stereocenters. The molecule has 2 rings (SSSR count). The molecule has 0 heterocycles. The number of hydrogen-bond acceptors (Lipinski definition) is 2. The first-order chi connectivity index (χ1) is 9.08. The maximum atomic E-state index is 6.16. The molecule has 0 aromatic heterocycles. The van der Waals surface area contributed by atoms with Crippen LogP contribution in [0.3, 0.4) is 0 Å². The predicted molar refractivity (Wildman–Crippen MR) is 79.8 cm³/mol. The van der Waals surface area contributed by atoms with E-state index in [-0.39, 0.29) is 6.04 Å². The van der Waals surface area contributed by atoms with Crippen molar-refractivity contribution in [2.75, 3.05) is 6.61 Å². The molecule has 0 aliphatic carbocycles. The molecule has 100 valence electrons. The van der Waals surface area contributed by atoms with E-state index in [1.54, 1.807) is 0 Å². The fourth-order valence-electron chi connectivity index (χ4n) is 1.99. The third kappa shape index (κ3) is 3.49. The van der Waals surface area contributed by atoms with Crippen LogP contribution in [0.4, 0.5) is 0 Å². The highest BCUT2D eigenvalue weighted by Crippen LogP contribution is 2.22. The molecule has 0 aliphatic heterocycles. The van der Waals surface area contributed by atoms with Gasteiger partial charge in [-0.05, 0) is 48.7 Å². The third-order valence-corrected chi connectivity index (χ3v) is 3.57. The molecule has 3 heteroatoms. The van der Waals surface area contributed by atoms with Crippen LogP contribution in [0.1, 0.15) is 22.7 Å². The highest BCUT2D eigenvalue weighted by molar-refractivity contribution is 6.31. The number of aryl methyl sites for hydroxylation is 2. The molecule has 19 heavy (non-hydrogen) atoms. The van der Waals surface area contributed by atoms with Gasteiger partial charge in [-0.15, -0.1) is 0 Å². The first-order valence-electron chi connectivity index (χ1n) is 6.28. The SMILES string of the molecule is Cc1cc(OCC(N)c2ccccc2C)ccc1Cl. The van der Waals surface area contributed by atoms with Crippen molar-refractivity contribution < 1.29 is 4.74 Å². The van der Waals surface area contributed by atoms with Gasteiger partial charge in [-0.25, -0.2) is 0 Å². The summed E-state index contributed by atoms with van der Waals surface area (Å²) in [6.45, 7) is 4.46. The molecule has 0 fully saturated rings.